The summed E-state index contributed by atoms with van der Waals surface area (Å²) in [6, 6.07) is 13.6. The van der Waals surface area contributed by atoms with Gasteiger partial charge in [0.25, 0.3) is 5.88 Å². The van der Waals surface area contributed by atoms with E-state index in [1.807, 2.05) is 28.8 Å². The minimum atomic E-state index is -0.313. The number of benzene rings is 2. The fraction of sp³-hybridized carbons (Fsp3) is 0.292. The first-order valence-electron chi connectivity index (χ1n) is 11.1. The molecule has 9 heteroatoms. The van der Waals surface area contributed by atoms with Crippen molar-refractivity contribution in [2.24, 2.45) is 0 Å². The Morgan fingerprint density at radius 2 is 1.70 bits per heavy atom. The van der Waals surface area contributed by atoms with Crippen molar-refractivity contribution >= 4 is 16.9 Å². The molecule has 4 aromatic rings. The molecule has 0 bridgehead atoms. The SMILES string of the molecule is O=c1[nH]c2ccccc2n1CCCN1CCN(c2nccnc2Oc2ccc(F)cc2)CC1. The number of hydrogen-bond acceptors (Lipinski definition) is 6. The van der Waals surface area contributed by atoms with E-state index in [9.17, 15) is 9.18 Å². The molecule has 0 radical (unpaired) electrons. The number of H-pyrrole nitrogens is 1. The van der Waals surface area contributed by atoms with Crippen molar-refractivity contribution in [2.75, 3.05) is 37.6 Å². The highest BCUT2D eigenvalue weighted by Gasteiger charge is 2.22. The Kier molecular flexibility index (Phi) is 6.03. The van der Waals surface area contributed by atoms with Crippen molar-refractivity contribution in [1.82, 2.24) is 24.4 Å². The van der Waals surface area contributed by atoms with Gasteiger partial charge in [-0.1, -0.05) is 12.1 Å². The first-order valence-corrected chi connectivity index (χ1v) is 11.1. The van der Waals surface area contributed by atoms with E-state index in [0.29, 0.717) is 24.0 Å². The fourth-order valence-corrected chi connectivity index (χ4v) is 4.19. The van der Waals surface area contributed by atoms with Crippen LogP contribution in [0.3, 0.4) is 0 Å². The highest BCUT2D eigenvalue weighted by molar-refractivity contribution is 5.74. The molecule has 1 N–H and O–H groups in total. The van der Waals surface area contributed by atoms with E-state index >= 15 is 0 Å². The summed E-state index contributed by atoms with van der Waals surface area (Å²) in [6.07, 6.45) is 4.13. The predicted octanol–water partition coefficient (Wildman–Crippen LogP) is 3.26. The maximum Gasteiger partial charge on any atom is 0.326 e. The summed E-state index contributed by atoms with van der Waals surface area (Å²) in [7, 11) is 0. The van der Waals surface area contributed by atoms with Crippen molar-refractivity contribution in [3.63, 3.8) is 0 Å². The Morgan fingerprint density at radius 1 is 0.939 bits per heavy atom. The minimum Gasteiger partial charge on any atom is -0.436 e. The number of para-hydroxylation sites is 2. The zero-order chi connectivity index (χ0) is 22.6. The molecule has 0 amide bonds. The molecule has 3 heterocycles. The zero-order valence-electron chi connectivity index (χ0n) is 18.2. The highest BCUT2D eigenvalue weighted by Crippen LogP contribution is 2.28. The number of fused-ring (bicyclic) bond motifs is 1. The van der Waals surface area contributed by atoms with Crippen molar-refractivity contribution < 1.29 is 9.13 Å². The number of aryl methyl sites for hydroxylation is 1. The number of piperazine rings is 1. The van der Waals surface area contributed by atoms with Gasteiger partial charge in [0.05, 0.1) is 11.0 Å². The van der Waals surface area contributed by atoms with Crippen LogP contribution in [0.25, 0.3) is 11.0 Å². The van der Waals surface area contributed by atoms with Crippen LogP contribution in [0.2, 0.25) is 0 Å². The summed E-state index contributed by atoms with van der Waals surface area (Å²) in [5.41, 5.74) is 1.76. The monoisotopic (exact) mass is 448 g/mol. The second-order valence-electron chi connectivity index (χ2n) is 8.02. The second-order valence-corrected chi connectivity index (χ2v) is 8.02. The molecule has 8 nitrogen and oxygen atoms in total. The quantitative estimate of drug-likeness (QED) is 0.468. The molecule has 0 atom stereocenters. The van der Waals surface area contributed by atoms with Gasteiger partial charge in [-0.2, -0.15) is 0 Å². The first-order chi connectivity index (χ1) is 16.2. The average molecular weight is 449 g/mol. The van der Waals surface area contributed by atoms with Gasteiger partial charge in [0.15, 0.2) is 5.82 Å². The van der Waals surface area contributed by atoms with Crippen LogP contribution in [0.1, 0.15) is 6.42 Å². The van der Waals surface area contributed by atoms with Crippen LogP contribution in [-0.2, 0) is 6.54 Å². The molecular weight excluding hydrogens is 423 g/mol. The number of aromatic amines is 1. The summed E-state index contributed by atoms with van der Waals surface area (Å²) >= 11 is 0. The number of rotatable bonds is 7. The lowest BCUT2D eigenvalue weighted by molar-refractivity contribution is 0.249. The number of anilines is 1. The molecule has 1 aliphatic heterocycles. The molecule has 2 aromatic carbocycles. The molecule has 0 unspecified atom stereocenters. The van der Waals surface area contributed by atoms with Gasteiger partial charge in [0.2, 0.25) is 0 Å². The van der Waals surface area contributed by atoms with Crippen molar-refractivity contribution in [3.05, 3.63) is 77.2 Å². The maximum absolute atomic E-state index is 13.2. The highest BCUT2D eigenvalue weighted by atomic mass is 19.1. The number of nitrogens with zero attached hydrogens (tertiary/aromatic N) is 5. The third-order valence-electron chi connectivity index (χ3n) is 5.88. The van der Waals surface area contributed by atoms with Gasteiger partial charge in [-0.15, -0.1) is 0 Å². The van der Waals surface area contributed by atoms with E-state index < -0.39 is 0 Å². The Hall–Kier alpha value is -3.72. The van der Waals surface area contributed by atoms with E-state index in [1.165, 1.54) is 12.1 Å². The van der Waals surface area contributed by atoms with Crippen molar-refractivity contribution in [2.45, 2.75) is 13.0 Å². The number of ether oxygens (including phenoxy) is 1. The van der Waals surface area contributed by atoms with Crippen molar-refractivity contribution in [3.8, 4) is 11.6 Å². The van der Waals surface area contributed by atoms with E-state index in [0.717, 1.165) is 50.2 Å². The van der Waals surface area contributed by atoms with E-state index in [2.05, 4.69) is 24.8 Å². The molecule has 0 spiro atoms. The summed E-state index contributed by atoms with van der Waals surface area (Å²) in [5.74, 6) is 1.31. The lowest BCUT2D eigenvalue weighted by Crippen LogP contribution is -2.47. The summed E-state index contributed by atoms with van der Waals surface area (Å²) in [5, 5.41) is 0. The van der Waals surface area contributed by atoms with Gasteiger partial charge >= 0.3 is 5.69 Å². The standard InChI is InChI=1S/C24H25FN6O2/c25-18-6-8-19(9-7-18)33-23-22(26-10-11-27-23)30-16-14-29(15-17-30)12-3-13-31-21-5-2-1-4-20(21)28-24(31)32/h1-2,4-11H,3,12-17H2,(H,28,32). The number of imidazole rings is 1. The largest absolute Gasteiger partial charge is 0.436 e. The molecule has 170 valence electrons. The topological polar surface area (TPSA) is 79.3 Å². The second kappa shape index (κ2) is 9.41. The zero-order valence-corrected chi connectivity index (χ0v) is 18.2. The van der Waals surface area contributed by atoms with E-state index in [-0.39, 0.29) is 11.5 Å². The van der Waals surface area contributed by atoms with Crippen molar-refractivity contribution in [1.29, 1.82) is 0 Å². The third kappa shape index (κ3) is 4.73. The molecule has 33 heavy (non-hydrogen) atoms. The molecule has 1 aliphatic rings. The van der Waals surface area contributed by atoms with Gasteiger partial charge in [0, 0.05) is 45.1 Å². The predicted molar refractivity (Wildman–Crippen MR) is 124 cm³/mol. The molecule has 0 saturated carbocycles. The molecule has 0 aliphatic carbocycles. The molecule has 1 fully saturated rings. The van der Waals surface area contributed by atoms with Crippen LogP contribution < -0.4 is 15.3 Å². The van der Waals surface area contributed by atoms with Gasteiger partial charge in [-0.3, -0.25) is 9.47 Å². The number of hydrogen-bond donors (Lipinski definition) is 1. The lowest BCUT2D eigenvalue weighted by Gasteiger charge is -2.35. The van der Waals surface area contributed by atoms with Crippen LogP contribution in [0.5, 0.6) is 11.6 Å². The molecule has 2 aromatic heterocycles. The van der Waals surface area contributed by atoms with Gasteiger partial charge in [0.1, 0.15) is 11.6 Å². The normalized spacial score (nSPS) is 14.6. The fourth-order valence-electron chi connectivity index (χ4n) is 4.19. The molecule has 5 rings (SSSR count). The number of nitrogens with one attached hydrogen (secondary N) is 1. The molecular formula is C24H25FN6O2. The van der Waals surface area contributed by atoms with Gasteiger partial charge in [-0.05, 0) is 49.4 Å². The van der Waals surface area contributed by atoms with Gasteiger partial charge < -0.3 is 14.6 Å². The van der Waals surface area contributed by atoms with Gasteiger partial charge in [-0.25, -0.2) is 19.2 Å². The average Bonchev–Trinajstić information content (AvgIpc) is 3.16. The van der Waals surface area contributed by atoms with Crippen LogP contribution >= 0.6 is 0 Å². The Morgan fingerprint density at radius 3 is 2.52 bits per heavy atom. The van der Waals surface area contributed by atoms with Crippen LogP contribution in [0.15, 0.2) is 65.7 Å². The Bertz CT molecular complexity index is 1280. The number of halogens is 1. The van der Waals surface area contributed by atoms with Crippen LogP contribution in [0, 0.1) is 5.82 Å². The minimum absolute atomic E-state index is 0.0580. The molecule has 1 saturated heterocycles. The van der Waals surface area contributed by atoms with Crippen LogP contribution in [-0.4, -0.2) is 57.1 Å². The third-order valence-corrected chi connectivity index (χ3v) is 5.88. The summed E-state index contributed by atoms with van der Waals surface area (Å²) in [6.45, 7) is 4.96. The Labute approximate surface area is 190 Å². The first kappa shape index (κ1) is 21.1. The lowest BCUT2D eigenvalue weighted by atomic mass is 10.2. The number of aromatic nitrogens is 4. The summed E-state index contributed by atoms with van der Waals surface area (Å²) in [4.78, 5) is 28.5. The van der Waals surface area contributed by atoms with Crippen LogP contribution in [0.4, 0.5) is 10.2 Å². The summed E-state index contributed by atoms with van der Waals surface area (Å²) < 4.78 is 20.9. The smallest absolute Gasteiger partial charge is 0.326 e. The maximum atomic E-state index is 13.2. The van der Waals surface area contributed by atoms with E-state index in [1.54, 1.807) is 24.5 Å². The Balaban J connectivity index is 1.16. The van der Waals surface area contributed by atoms with E-state index in [4.69, 9.17) is 4.74 Å².